The van der Waals surface area contributed by atoms with E-state index >= 15 is 0 Å². The Morgan fingerprint density at radius 2 is 1.71 bits per heavy atom. The van der Waals surface area contributed by atoms with Crippen molar-refractivity contribution >= 4 is 23.7 Å². The third kappa shape index (κ3) is 10.2. The van der Waals surface area contributed by atoms with Gasteiger partial charge in [-0.25, -0.2) is 9.79 Å². The molecule has 16 heteroatoms. The van der Waals surface area contributed by atoms with Crippen LogP contribution in [0.15, 0.2) is 41.1 Å². The number of hydrogen-bond acceptors (Lipinski definition) is 8. The number of carboxylic acids is 1. The van der Waals surface area contributed by atoms with E-state index in [-0.39, 0.29) is 18.3 Å². The van der Waals surface area contributed by atoms with E-state index < -0.39 is 61.0 Å². The van der Waals surface area contributed by atoms with Crippen molar-refractivity contribution in [2.75, 3.05) is 6.61 Å². The minimum Gasteiger partial charge on any atom is -0.480 e. The number of nitrogens with zero attached hydrogens (tertiary/aromatic N) is 1. The van der Waals surface area contributed by atoms with Crippen LogP contribution in [0, 0.1) is 6.92 Å². The second kappa shape index (κ2) is 14.2. The zero-order valence-electron chi connectivity index (χ0n) is 20.3. The molecule has 0 radical (unpaired) electrons. The minimum atomic E-state index is -5.08. The maximum atomic E-state index is 12.7. The van der Waals surface area contributed by atoms with Gasteiger partial charge in [-0.3, -0.25) is 9.59 Å². The van der Waals surface area contributed by atoms with Crippen molar-refractivity contribution in [1.82, 2.24) is 10.6 Å². The summed E-state index contributed by atoms with van der Waals surface area (Å²) in [6, 6.07) is 5.58. The van der Waals surface area contributed by atoms with E-state index in [1.54, 1.807) is 0 Å². The second-order valence-electron chi connectivity index (χ2n) is 8.10. The summed E-state index contributed by atoms with van der Waals surface area (Å²) in [7, 11) is 0. The van der Waals surface area contributed by atoms with Crippen LogP contribution < -0.4 is 22.1 Å². The van der Waals surface area contributed by atoms with Crippen molar-refractivity contribution < 1.29 is 52.7 Å². The first kappa shape index (κ1) is 32.1. The molecule has 1 aliphatic rings. The van der Waals surface area contributed by atoms with Crippen molar-refractivity contribution in [2.45, 2.75) is 57.0 Å². The second-order valence-corrected chi connectivity index (χ2v) is 8.10. The van der Waals surface area contributed by atoms with Crippen LogP contribution in [0.1, 0.15) is 18.1 Å². The molecule has 38 heavy (non-hydrogen) atoms. The lowest BCUT2D eigenvalue weighted by atomic mass is 9.92. The number of aliphatic carboxylic acids is 1. The van der Waals surface area contributed by atoms with E-state index in [1.807, 2.05) is 31.2 Å². The van der Waals surface area contributed by atoms with E-state index in [1.165, 1.54) is 13.0 Å². The molecule has 0 spiro atoms. The fraction of sp³-hybridized carbons (Fsp3) is 0.455. The Bertz CT molecular complexity index is 1030. The number of ether oxygens (including phenoxy) is 1. The fourth-order valence-electron chi connectivity index (χ4n) is 3.12. The summed E-state index contributed by atoms with van der Waals surface area (Å²) in [6.07, 6.45) is -8.31. The van der Waals surface area contributed by atoms with Crippen LogP contribution in [0.2, 0.25) is 0 Å². The quantitative estimate of drug-likeness (QED) is 0.137. The third-order valence-electron chi connectivity index (χ3n) is 4.93. The normalized spacial score (nSPS) is 20.3. The lowest BCUT2D eigenvalue weighted by molar-refractivity contribution is -0.192. The summed E-state index contributed by atoms with van der Waals surface area (Å²) in [5.74, 6) is -4.34. The summed E-state index contributed by atoms with van der Waals surface area (Å²) in [4.78, 5) is 37.3. The van der Waals surface area contributed by atoms with Gasteiger partial charge in [0.25, 0.3) is 5.91 Å². The highest BCUT2D eigenvalue weighted by atomic mass is 19.4. The summed E-state index contributed by atoms with van der Waals surface area (Å²) in [5, 5.41) is 41.9. The van der Waals surface area contributed by atoms with E-state index in [2.05, 4.69) is 15.6 Å². The molecule has 0 unspecified atom stereocenters. The van der Waals surface area contributed by atoms with Crippen molar-refractivity contribution in [3.05, 3.63) is 47.2 Å². The van der Waals surface area contributed by atoms with Crippen LogP contribution in [0.25, 0.3) is 0 Å². The minimum absolute atomic E-state index is 0.196. The molecule has 1 aromatic rings. The van der Waals surface area contributed by atoms with Gasteiger partial charge in [0.1, 0.15) is 18.3 Å². The highest BCUT2D eigenvalue weighted by molar-refractivity contribution is 5.92. The van der Waals surface area contributed by atoms with Gasteiger partial charge in [-0.2, -0.15) is 13.2 Å². The standard InChI is InChI=1S/C20H29N5O6.C2HF3O2/c1-10-3-5-12(6-4-10)8-23-19(30)15-7-13(25-20(21)22)16(24-11(2)27)18(31-15)17(29)14(28)9-26;3-2(4,5)1(6)7/h3-7,13-14,16-18,26,28-29H,8-9H2,1-2H3,(H,23,30)(H,24,27)(H4,21,22,25);(H,6,7)/t13-,14+,16+,17+,18+;/m0./s1. The van der Waals surface area contributed by atoms with Gasteiger partial charge in [0.15, 0.2) is 11.7 Å². The number of nitrogens with one attached hydrogen (secondary N) is 2. The molecule has 5 atom stereocenters. The van der Waals surface area contributed by atoms with Crippen molar-refractivity contribution in [1.29, 1.82) is 0 Å². The first-order valence-corrected chi connectivity index (χ1v) is 10.9. The molecule has 1 aliphatic heterocycles. The van der Waals surface area contributed by atoms with Gasteiger partial charge in [-0.1, -0.05) is 29.8 Å². The Balaban J connectivity index is 0.000000905. The summed E-state index contributed by atoms with van der Waals surface area (Å²) < 4.78 is 37.4. The fourth-order valence-corrected chi connectivity index (χ4v) is 3.12. The molecule has 10 N–H and O–H groups in total. The van der Waals surface area contributed by atoms with E-state index in [4.69, 9.17) is 26.1 Å². The van der Waals surface area contributed by atoms with Crippen molar-refractivity contribution in [3.8, 4) is 0 Å². The number of halogens is 3. The number of nitrogens with two attached hydrogens (primary N) is 2. The molecule has 0 bridgehead atoms. The molecular weight excluding hydrogens is 519 g/mol. The SMILES string of the molecule is CC(=O)N[C@H]1[C@H]([C@H](O)[C@H](O)CO)OC(C(=O)NCc2ccc(C)cc2)=C[C@@H]1N=C(N)N.O=C(O)C(F)(F)F. The smallest absolute Gasteiger partial charge is 0.480 e. The van der Waals surface area contributed by atoms with E-state index in [9.17, 15) is 38.1 Å². The number of rotatable bonds is 8. The lowest BCUT2D eigenvalue weighted by Crippen LogP contribution is -2.60. The van der Waals surface area contributed by atoms with Gasteiger partial charge in [0.05, 0.1) is 18.7 Å². The lowest BCUT2D eigenvalue weighted by Gasteiger charge is -2.39. The average molecular weight is 550 g/mol. The van der Waals surface area contributed by atoms with Gasteiger partial charge in [0, 0.05) is 13.5 Å². The number of amides is 2. The number of aliphatic hydroxyl groups is 3. The van der Waals surface area contributed by atoms with Crippen LogP contribution in [0.5, 0.6) is 0 Å². The third-order valence-corrected chi connectivity index (χ3v) is 4.93. The van der Waals surface area contributed by atoms with Crippen LogP contribution in [0.3, 0.4) is 0 Å². The van der Waals surface area contributed by atoms with Crippen LogP contribution in [-0.2, 0) is 25.7 Å². The average Bonchev–Trinajstić information content (AvgIpc) is 2.82. The number of carbonyl (C=O) groups excluding carboxylic acids is 2. The zero-order chi connectivity index (χ0) is 29.2. The number of aliphatic hydroxyl groups excluding tert-OH is 3. The van der Waals surface area contributed by atoms with E-state index in [0.717, 1.165) is 11.1 Å². The van der Waals surface area contributed by atoms with Gasteiger partial charge in [-0.15, -0.1) is 0 Å². The monoisotopic (exact) mass is 549 g/mol. The Labute approximate surface area is 215 Å². The van der Waals surface area contributed by atoms with E-state index in [0.29, 0.717) is 0 Å². The van der Waals surface area contributed by atoms with Crippen LogP contribution in [0.4, 0.5) is 13.2 Å². The maximum Gasteiger partial charge on any atom is 0.490 e. The molecule has 13 nitrogen and oxygen atoms in total. The number of carboxylic acid groups (broad SMARTS) is 1. The predicted octanol–water partition coefficient (Wildman–Crippen LogP) is -1.61. The zero-order valence-corrected chi connectivity index (χ0v) is 20.3. The molecule has 0 saturated carbocycles. The molecule has 1 aromatic carbocycles. The highest BCUT2D eigenvalue weighted by Gasteiger charge is 2.43. The summed E-state index contributed by atoms with van der Waals surface area (Å²) in [6.45, 7) is 2.64. The first-order valence-electron chi connectivity index (χ1n) is 10.9. The molecule has 0 saturated heterocycles. The Kier molecular flexibility index (Phi) is 12.0. The summed E-state index contributed by atoms with van der Waals surface area (Å²) >= 11 is 0. The molecule has 212 valence electrons. The molecule has 1 heterocycles. The van der Waals surface area contributed by atoms with Crippen molar-refractivity contribution in [3.63, 3.8) is 0 Å². The maximum absolute atomic E-state index is 12.7. The largest absolute Gasteiger partial charge is 0.490 e. The Hall–Kier alpha value is -3.89. The number of aliphatic imine (C=N–C) groups is 1. The number of carbonyl (C=O) groups is 3. The molecular formula is C22H30F3N5O8. The molecule has 2 rings (SSSR count). The topological polar surface area (TPSA) is 230 Å². The number of guanidine groups is 1. The van der Waals surface area contributed by atoms with Gasteiger partial charge in [-0.05, 0) is 18.6 Å². The summed E-state index contributed by atoms with van der Waals surface area (Å²) in [5.41, 5.74) is 12.9. The first-order chi connectivity index (χ1) is 17.6. The van der Waals surface area contributed by atoms with Crippen LogP contribution >= 0.6 is 0 Å². The van der Waals surface area contributed by atoms with Crippen LogP contribution in [-0.4, -0.2) is 87.3 Å². The predicted molar refractivity (Wildman–Crippen MR) is 126 cm³/mol. The van der Waals surface area contributed by atoms with Gasteiger partial charge in [0.2, 0.25) is 5.91 Å². The number of hydrogen-bond donors (Lipinski definition) is 8. The number of alkyl halides is 3. The molecule has 2 amide bonds. The number of benzene rings is 1. The molecule has 0 fully saturated rings. The Morgan fingerprint density at radius 3 is 2.16 bits per heavy atom. The van der Waals surface area contributed by atoms with Crippen molar-refractivity contribution in [2.24, 2.45) is 16.5 Å². The molecule has 0 aliphatic carbocycles. The molecule has 0 aromatic heterocycles. The highest BCUT2D eigenvalue weighted by Crippen LogP contribution is 2.25. The van der Waals surface area contributed by atoms with Gasteiger partial charge >= 0.3 is 12.1 Å². The van der Waals surface area contributed by atoms with Gasteiger partial charge < -0.3 is 47.3 Å². The Morgan fingerprint density at radius 1 is 1.16 bits per heavy atom. The number of aryl methyl sites for hydroxylation is 1.